The van der Waals surface area contributed by atoms with Crippen molar-refractivity contribution in [3.05, 3.63) is 54.1 Å². The average Bonchev–Trinajstić information content (AvgIpc) is 2.66. The lowest BCUT2D eigenvalue weighted by Crippen LogP contribution is -2.37. The smallest absolute Gasteiger partial charge is 0.0340 e. The fraction of sp³-hybridized carbons (Fsp3) is 0.520. The van der Waals surface area contributed by atoms with Crippen LogP contribution in [0.15, 0.2) is 48.5 Å². The van der Waals surface area contributed by atoms with Gasteiger partial charge < -0.3 is 10.2 Å². The predicted octanol–water partition coefficient (Wildman–Crippen LogP) is 6.22. The molecule has 2 heteroatoms. The lowest BCUT2D eigenvalue weighted by Gasteiger charge is -2.33. The summed E-state index contributed by atoms with van der Waals surface area (Å²) in [5.41, 5.74) is 5.56. The van der Waals surface area contributed by atoms with Crippen LogP contribution in [0.25, 0.3) is 11.1 Å². The van der Waals surface area contributed by atoms with Gasteiger partial charge in [-0.15, -0.1) is 0 Å². The van der Waals surface area contributed by atoms with E-state index in [9.17, 15) is 0 Å². The highest BCUT2D eigenvalue weighted by Crippen LogP contribution is 2.24. The highest BCUT2D eigenvalue weighted by molar-refractivity contribution is 5.66. The third-order valence-corrected chi connectivity index (χ3v) is 5.75. The molecule has 0 amide bonds. The third-order valence-electron chi connectivity index (χ3n) is 5.75. The Morgan fingerprint density at radius 3 is 2.00 bits per heavy atom. The van der Waals surface area contributed by atoms with E-state index in [-0.39, 0.29) is 0 Å². The lowest BCUT2D eigenvalue weighted by atomic mass is 9.91. The standard InChI is InChI=1S/C25H36N2/c1-20-5-7-22(8-6-20)23-9-11-24(12-10-23)26-19-21-13-16-27(17-14-21)18-15-25(2,3)4/h5-12,21,26H,13-19H2,1-4H3. The maximum absolute atomic E-state index is 3.65. The minimum Gasteiger partial charge on any atom is -0.385 e. The van der Waals surface area contributed by atoms with Crippen molar-refractivity contribution in [3.63, 3.8) is 0 Å². The van der Waals surface area contributed by atoms with Gasteiger partial charge in [-0.25, -0.2) is 0 Å². The van der Waals surface area contributed by atoms with Crippen molar-refractivity contribution in [2.24, 2.45) is 11.3 Å². The first-order valence-corrected chi connectivity index (χ1v) is 10.5. The highest BCUT2D eigenvalue weighted by Gasteiger charge is 2.20. The monoisotopic (exact) mass is 364 g/mol. The van der Waals surface area contributed by atoms with Crippen molar-refractivity contribution in [2.45, 2.75) is 47.0 Å². The van der Waals surface area contributed by atoms with E-state index < -0.39 is 0 Å². The number of likely N-dealkylation sites (tertiary alicyclic amines) is 1. The van der Waals surface area contributed by atoms with Gasteiger partial charge in [0.2, 0.25) is 0 Å². The maximum atomic E-state index is 3.65. The van der Waals surface area contributed by atoms with Crippen LogP contribution in [-0.4, -0.2) is 31.1 Å². The molecule has 0 saturated carbocycles. The van der Waals surface area contributed by atoms with E-state index in [1.807, 2.05) is 0 Å². The predicted molar refractivity (Wildman–Crippen MR) is 118 cm³/mol. The molecule has 1 aliphatic heterocycles. The number of hydrogen-bond donors (Lipinski definition) is 1. The van der Waals surface area contributed by atoms with E-state index in [1.54, 1.807) is 0 Å². The Kier molecular flexibility index (Phi) is 6.59. The highest BCUT2D eigenvalue weighted by atomic mass is 15.1. The van der Waals surface area contributed by atoms with Crippen LogP contribution in [-0.2, 0) is 0 Å². The maximum Gasteiger partial charge on any atom is 0.0340 e. The van der Waals surface area contributed by atoms with Crippen LogP contribution in [0.3, 0.4) is 0 Å². The molecule has 0 bridgehead atoms. The molecular weight excluding hydrogens is 328 g/mol. The van der Waals surface area contributed by atoms with E-state index in [0.717, 1.165) is 12.5 Å². The van der Waals surface area contributed by atoms with Gasteiger partial charge >= 0.3 is 0 Å². The fourth-order valence-electron chi connectivity index (χ4n) is 3.70. The quantitative estimate of drug-likeness (QED) is 0.654. The van der Waals surface area contributed by atoms with Gasteiger partial charge in [0, 0.05) is 12.2 Å². The average molecular weight is 365 g/mol. The summed E-state index contributed by atoms with van der Waals surface area (Å²) >= 11 is 0. The molecule has 0 atom stereocenters. The number of piperidine rings is 1. The van der Waals surface area contributed by atoms with Crippen molar-refractivity contribution < 1.29 is 0 Å². The largest absolute Gasteiger partial charge is 0.385 e. The summed E-state index contributed by atoms with van der Waals surface area (Å²) in [6.45, 7) is 14.0. The van der Waals surface area contributed by atoms with E-state index in [4.69, 9.17) is 0 Å². The molecular formula is C25H36N2. The summed E-state index contributed by atoms with van der Waals surface area (Å²) in [5.74, 6) is 0.799. The molecule has 0 spiro atoms. The van der Waals surface area contributed by atoms with Gasteiger partial charge in [-0.1, -0.05) is 62.7 Å². The summed E-state index contributed by atoms with van der Waals surface area (Å²) in [5, 5.41) is 3.65. The second-order valence-electron chi connectivity index (χ2n) is 9.42. The molecule has 146 valence electrons. The second-order valence-corrected chi connectivity index (χ2v) is 9.42. The van der Waals surface area contributed by atoms with Crippen molar-refractivity contribution in [1.82, 2.24) is 4.90 Å². The van der Waals surface area contributed by atoms with E-state index in [0.29, 0.717) is 5.41 Å². The molecule has 1 N–H and O–H groups in total. The first-order valence-electron chi connectivity index (χ1n) is 10.5. The minimum atomic E-state index is 0.448. The molecule has 0 aromatic heterocycles. The molecule has 1 fully saturated rings. The Morgan fingerprint density at radius 2 is 1.44 bits per heavy atom. The molecule has 0 aliphatic carbocycles. The van der Waals surface area contributed by atoms with Gasteiger partial charge in [0.25, 0.3) is 0 Å². The molecule has 3 rings (SSSR count). The number of benzene rings is 2. The van der Waals surface area contributed by atoms with E-state index >= 15 is 0 Å². The van der Waals surface area contributed by atoms with E-state index in [2.05, 4.69) is 86.4 Å². The van der Waals surface area contributed by atoms with Gasteiger partial charge in [0.05, 0.1) is 0 Å². The molecule has 1 aliphatic rings. The number of hydrogen-bond acceptors (Lipinski definition) is 2. The van der Waals surface area contributed by atoms with Crippen LogP contribution in [0.4, 0.5) is 5.69 Å². The van der Waals surface area contributed by atoms with Crippen LogP contribution >= 0.6 is 0 Å². The molecule has 2 aromatic rings. The molecule has 0 radical (unpaired) electrons. The van der Waals surface area contributed by atoms with Crippen molar-refractivity contribution in [3.8, 4) is 11.1 Å². The summed E-state index contributed by atoms with van der Waals surface area (Å²) in [6, 6.07) is 17.6. The topological polar surface area (TPSA) is 15.3 Å². The molecule has 0 unspecified atom stereocenters. The van der Waals surface area contributed by atoms with Crippen LogP contribution in [0.2, 0.25) is 0 Å². The zero-order valence-corrected chi connectivity index (χ0v) is 17.6. The Labute approximate surface area is 166 Å². The first-order chi connectivity index (χ1) is 12.9. The van der Waals surface area contributed by atoms with Gasteiger partial charge in [0.1, 0.15) is 0 Å². The Bertz CT molecular complexity index is 687. The van der Waals surface area contributed by atoms with Crippen molar-refractivity contribution in [1.29, 1.82) is 0 Å². The van der Waals surface area contributed by atoms with Crippen LogP contribution in [0, 0.1) is 18.3 Å². The molecule has 1 saturated heterocycles. The summed E-state index contributed by atoms with van der Waals surface area (Å²) in [4.78, 5) is 2.65. The summed E-state index contributed by atoms with van der Waals surface area (Å²) in [6.07, 6.45) is 3.93. The van der Waals surface area contributed by atoms with Gasteiger partial charge in [-0.3, -0.25) is 0 Å². The molecule has 1 heterocycles. The number of rotatable bonds is 6. The van der Waals surface area contributed by atoms with Crippen molar-refractivity contribution >= 4 is 5.69 Å². The Hall–Kier alpha value is -1.80. The fourth-order valence-corrected chi connectivity index (χ4v) is 3.70. The van der Waals surface area contributed by atoms with Crippen molar-refractivity contribution in [2.75, 3.05) is 31.5 Å². The minimum absolute atomic E-state index is 0.448. The Morgan fingerprint density at radius 1 is 0.889 bits per heavy atom. The number of aryl methyl sites for hydroxylation is 1. The van der Waals surface area contributed by atoms with Crippen LogP contribution in [0.1, 0.15) is 45.6 Å². The molecule has 2 nitrogen and oxygen atoms in total. The van der Waals surface area contributed by atoms with Gasteiger partial charge in [0.15, 0.2) is 0 Å². The second kappa shape index (κ2) is 8.93. The zero-order chi connectivity index (χ0) is 19.3. The normalized spacial score (nSPS) is 16.4. The van der Waals surface area contributed by atoms with Crippen LogP contribution in [0.5, 0.6) is 0 Å². The summed E-state index contributed by atoms with van der Waals surface area (Å²) in [7, 11) is 0. The Balaban J connectivity index is 1.42. The van der Waals surface area contributed by atoms with Gasteiger partial charge in [-0.2, -0.15) is 0 Å². The number of nitrogens with one attached hydrogen (secondary N) is 1. The summed E-state index contributed by atoms with van der Waals surface area (Å²) < 4.78 is 0. The zero-order valence-electron chi connectivity index (χ0n) is 17.6. The SMILES string of the molecule is Cc1ccc(-c2ccc(NCC3CCN(CCC(C)(C)C)CC3)cc2)cc1. The number of nitrogens with zero attached hydrogens (tertiary/aromatic N) is 1. The molecule has 27 heavy (non-hydrogen) atoms. The molecule has 2 aromatic carbocycles. The van der Waals surface area contributed by atoms with Crippen LogP contribution < -0.4 is 5.32 Å². The first kappa shape index (κ1) is 19.9. The lowest BCUT2D eigenvalue weighted by molar-refractivity contribution is 0.167. The number of anilines is 1. The van der Waals surface area contributed by atoms with E-state index in [1.165, 1.54) is 61.3 Å². The van der Waals surface area contributed by atoms with Gasteiger partial charge in [-0.05, 0) is 80.4 Å². The third kappa shape index (κ3) is 6.39.